The maximum Gasteiger partial charge on any atom is 0.156 e. The lowest BCUT2D eigenvalue weighted by Gasteiger charge is -2.07. The Morgan fingerprint density at radius 3 is 2.42 bits per heavy atom. The maximum atomic E-state index is 5.82. The maximum absolute atomic E-state index is 5.82. The molecular formula is C9H9Cl2O. The van der Waals surface area contributed by atoms with Crippen LogP contribution >= 0.6 is 23.2 Å². The minimum atomic E-state index is 0.510. The van der Waals surface area contributed by atoms with Crippen molar-refractivity contribution in [3.8, 4) is 5.75 Å². The molecule has 0 aromatic heterocycles. The normalized spacial score (nSPS) is 9.92. The van der Waals surface area contributed by atoms with Gasteiger partial charge in [0, 0.05) is 0 Å². The van der Waals surface area contributed by atoms with Crippen LogP contribution in [0.1, 0.15) is 13.3 Å². The fraction of sp³-hybridized carbons (Fsp3) is 0.333. The molecule has 1 rings (SSSR count). The molecule has 0 amide bonds. The summed E-state index contributed by atoms with van der Waals surface area (Å²) in [6.45, 7) is 2.65. The Morgan fingerprint density at radius 1 is 1.33 bits per heavy atom. The summed E-state index contributed by atoms with van der Waals surface area (Å²) in [5, 5.41) is 1.02. The van der Waals surface area contributed by atoms with E-state index < -0.39 is 0 Å². The fourth-order valence-corrected chi connectivity index (χ4v) is 1.26. The van der Waals surface area contributed by atoms with Gasteiger partial charge in [-0.1, -0.05) is 30.1 Å². The summed E-state index contributed by atoms with van der Waals surface area (Å²) in [6, 6.07) is 6.08. The highest BCUT2D eigenvalue weighted by molar-refractivity contribution is 6.37. The summed E-state index contributed by atoms with van der Waals surface area (Å²) in [5.41, 5.74) is 0. The van der Waals surface area contributed by atoms with Gasteiger partial charge in [0.25, 0.3) is 0 Å². The molecule has 3 heteroatoms. The first-order chi connectivity index (χ1) is 5.75. The van der Waals surface area contributed by atoms with Crippen LogP contribution in [0.4, 0.5) is 0 Å². The Morgan fingerprint density at radius 2 is 1.92 bits per heavy atom. The van der Waals surface area contributed by atoms with Gasteiger partial charge in [0.2, 0.25) is 0 Å². The van der Waals surface area contributed by atoms with Gasteiger partial charge in [0.15, 0.2) is 5.75 Å². The first kappa shape index (κ1) is 9.69. The quantitative estimate of drug-likeness (QED) is 0.730. The summed E-state index contributed by atoms with van der Waals surface area (Å²) in [7, 11) is 0. The Hall–Kier alpha value is -0.400. The lowest BCUT2D eigenvalue weighted by molar-refractivity contribution is 0.318. The third-order valence-electron chi connectivity index (χ3n) is 1.30. The van der Waals surface area contributed by atoms with E-state index in [0.717, 1.165) is 6.42 Å². The van der Waals surface area contributed by atoms with Gasteiger partial charge in [-0.3, -0.25) is 0 Å². The SMILES string of the molecule is CCCOc1c(Cl)c[c]cc1Cl. The Labute approximate surface area is 82.2 Å². The third kappa shape index (κ3) is 2.29. The molecule has 0 aliphatic heterocycles. The standard InChI is InChI=1S/C9H9Cl2O/c1-2-6-12-9-7(10)4-3-5-8(9)11/h4-5H,2,6H2,1H3. The average Bonchev–Trinajstić information content (AvgIpc) is 2.04. The van der Waals surface area contributed by atoms with Gasteiger partial charge in [-0.2, -0.15) is 0 Å². The molecular weight excluding hydrogens is 195 g/mol. The average molecular weight is 204 g/mol. The summed E-state index contributed by atoms with van der Waals surface area (Å²) < 4.78 is 5.33. The molecule has 65 valence electrons. The molecule has 0 spiro atoms. The lowest BCUT2D eigenvalue weighted by Crippen LogP contribution is -1.95. The van der Waals surface area contributed by atoms with Crippen LogP contribution in [0, 0.1) is 6.07 Å². The summed E-state index contributed by atoms with van der Waals surface area (Å²) in [5.74, 6) is 0.555. The van der Waals surface area contributed by atoms with E-state index in [4.69, 9.17) is 27.9 Å². The topological polar surface area (TPSA) is 9.23 Å². The summed E-state index contributed by atoms with van der Waals surface area (Å²) in [4.78, 5) is 0. The molecule has 1 aromatic carbocycles. The molecule has 0 N–H and O–H groups in total. The van der Waals surface area contributed by atoms with E-state index in [2.05, 4.69) is 6.07 Å². The number of hydrogen-bond donors (Lipinski definition) is 0. The van der Waals surface area contributed by atoms with Crippen LogP contribution in [0.5, 0.6) is 5.75 Å². The van der Waals surface area contributed by atoms with E-state index in [-0.39, 0.29) is 0 Å². The molecule has 0 unspecified atom stereocenters. The highest BCUT2D eigenvalue weighted by atomic mass is 35.5. The summed E-state index contributed by atoms with van der Waals surface area (Å²) in [6.07, 6.45) is 0.936. The molecule has 1 nitrogen and oxygen atoms in total. The molecule has 0 saturated heterocycles. The zero-order chi connectivity index (χ0) is 8.97. The minimum Gasteiger partial charge on any atom is -0.490 e. The van der Waals surface area contributed by atoms with Crippen LogP contribution in [-0.4, -0.2) is 6.61 Å². The monoisotopic (exact) mass is 203 g/mol. The van der Waals surface area contributed by atoms with Crippen LogP contribution in [0.25, 0.3) is 0 Å². The van der Waals surface area contributed by atoms with Crippen molar-refractivity contribution >= 4 is 23.2 Å². The van der Waals surface area contributed by atoms with E-state index in [1.54, 1.807) is 12.1 Å². The number of halogens is 2. The molecule has 0 heterocycles. The Balaban J connectivity index is 2.81. The predicted molar refractivity (Wildman–Crippen MR) is 51.1 cm³/mol. The van der Waals surface area contributed by atoms with Crippen molar-refractivity contribution in [2.75, 3.05) is 6.61 Å². The highest BCUT2D eigenvalue weighted by Gasteiger charge is 2.04. The lowest BCUT2D eigenvalue weighted by atomic mass is 10.3. The van der Waals surface area contributed by atoms with Gasteiger partial charge in [0.05, 0.1) is 16.7 Å². The van der Waals surface area contributed by atoms with E-state index in [1.165, 1.54) is 0 Å². The van der Waals surface area contributed by atoms with Crippen molar-refractivity contribution in [1.82, 2.24) is 0 Å². The van der Waals surface area contributed by atoms with Crippen molar-refractivity contribution in [1.29, 1.82) is 0 Å². The van der Waals surface area contributed by atoms with E-state index in [0.29, 0.717) is 22.4 Å². The van der Waals surface area contributed by atoms with E-state index >= 15 is 0 Å². The highest BCUT2D eigenvalue weighted by Crippen LogP contribution is 2.31. The van der Waals surface area contributed by atoms with Crippen LogP contribution in [0.15, 0.2) is 12.1 Å². The second kappa shape index (κ2) is 4.58. The number of hydrogen-bond acceptors (Lipinski definition) is 1. The van der Waals surface area contributed by atoms with Gasteiger partial charge in [-0.25, -0.2) is 0 Å². The number of ether oxygens (including phenoxy) is 1. The Kier molecular flexibility index (Phi) is 3.70. The van der Waals surface area contributed by atoms with Crippen molar-refractivity contribution in [3.05, 3.63) is 28.2 Å². The van der Waals surface area contributed by atoms with E-state index in [1.807, 2.05) is 6.92 Å². The fourth-order valence-electron chi connectivity index (χ4n) is 0.775. The van der Waals surface area contributed by atoms with Crippen LogP contribution < -0.4 is 4.74 Å². The Bertz CT molecular complexity index is 240. The minimum absolute atomic E-state index is 0.510. The largest absolute Gasteiger partial charge is 0.490 e. The molecule has 0 atom stereocenters. The van der Waals surface area contributed by atoms with Crippen LogP contribution in [0.3, 0.4) is 0 Å². The second-order valence-electron chi connectivity index (χ2n) is 2.33. The third-order valence-corrected chi connectivity index (χ3v) is 1.87. The van der Waals surface area contributed by atoms with Crippen molar-refractivity contribution < 1.29 is 4.74 Å². The van der Waals surface area contributed by atoms with Gasteiger partial charge in [0.1, 0.15) is 0 Å². The van der Waals surface area contributed by atoms with Gasteiger partial charge in [-0.05, 0) is 24.6 Å². The van der Waals surface area contributed by atoms with E-state index in [9.17, 15) is 0 Å². The van der Waals surface area contributed by atoms with Crippen LogP contribution in [0.2, 0.25) is 10.0 Å². The zero-order valence-corrected chi connectivity index (χ0v) is 8.24. The first-order valence-electron chi connectivity index (χ1n) is 3.73. The van der Waals surface area contributed by atoms with Crippen molar-refractivity contribution in [2.24, 2.45) is 0 Å². The molecule has 0 saturated carbocycles. The number of benzene rings is 1. The molecule has 0 bridgehead atoms. The second-order valence-corrected chi connectivity index (χ2v) is 3.14. The first-order valence-corrected chi connectivity index (χ1v) is 4.49. The summed E-state index contributed by atoms with van der Waals surface area (Å²) >= 11 is 11.6. The van der Waals surface area contributed by atoms with Gasteiger partial charge < -0.3 is 4.74 Å². The molecule has 0 aliphatic carbocycles. The van der Waals surface area contributed by atoms with Crippen molar-refractivity contribution in [3.63, 3.8) is 0 Å². The smallest absolute Gasteiger partial charge is 0.156 e. The molecule has 1 radical (unpaired) electrons. The zero-order valence-electron chi connectivity index (χ0n) is 6.73. The number of rotatable bonds is 3. The van der Waals surface area contributed by atoms with Gasteiger partial charge >= 0.3 is 0 Å². The molecule has 0 fully saturated rings. The molecule has 12 heavy (non-hydrogen) atoms. The predicted octanol–water partition coefficient (Wildman–Crippen LogP) is 3.58. The van der Waals surface area contributed by atoms with Crippen LogP contribution in [-0.2, 0) is 0 Å². The van der Waals surface area contributed by atoms with Gasteiger partial charge in [-0.15, -0.1) is 0 Å². The molecule has 1 aromatic rings. The van der Waals surface area contributed by atoms with Crippen molar-refractivity contribution in [2.45, 2.75) is 13.3 Å². The molecule has 0 aliphatic rings.